The molecule has 1 aliphatic carbocycles. The molecule has 3 aromatic rings. The Morgan fingerprint density at radius 1 is 1.00 bits per heavy atom. The van der Waals surface area contributed by atoms with Crippen LogP contribution in [0.1, 0.15) is 66.7 Å². The smallest absolute Gasteiger partial charge is 0.314 e. The lowest BCUT2D eigenvalue weighted by molar-refractivity contribution is -0.140. The molecule has 1 saturated carbocycles. The first-order valence-corrected chi connectivity index (χ1v) is 11.7. The van der Waals surface area contributed by atoms with Gasteiger partial charge in [-0.1, -0.05) is 37.3 Å². The Morgan fingerprint density at radius 2 is 1.62 bits per heavy atom. The molecule has 0 radical (unpaired) electrons. The summed E-state index contributed by atoms with van der Waals surface area (Å²) in [6.07, 6.45) is 2.86. The van der Waals surface area contributed by atoms with Gasteiger partial charge in [0.15, 0.2) is 0 Å². The van der Waals surface area contributed by atoms with Gasteiger partial charge in [0.25, 0.3) is 0 Å². The highest BCUT2D eigenvalue weighted by molar-refractivity contribution is 5.75. The largest absolute Gasteiger partial charge is 0.426 e. The van der Waals surface area contributed by atoms with Gasteiger partial charge in [-0.3, -0.25) is 4.79 Å². The molecule has 0 heterocycles. The van der Waals surface area contributed by atoms with Gasteiger partial charge >= 0.3 is 5.97 Å². The SMILES string of the molecule is C[C@H](Cc1c(F)cc(C2CCC(C(=O)Oc3ccc(C#N)cc3)CC2)cc1F)c1ccccc1. The van der Waals surface area contributed by atoms with E-state index < -0.39 is 11.6 Å². The maximum Gasteiger partial charge on any atom is 0.314 e. The van der Waals surface area contributed by atoms with Crippen LogP contribution >= 0.6 is 0 Å². The molecule has 174 valence electrons. The second-order valence-electron chi connectivity index (χ2n) is 9.08. The van der Waals surface area contributed by atoms with Gasteiger partial charge in [-0.2, -0.15) is 5.26 Å². The van der Waals surface area contributed by atoms with E-state index in [4.69, 9.17) is 10.00 Å². The molecule has 1 atom stereocenters. The van der Waals surface area contributed by atoms with Gasteiger partial charge in [-0.05, 0) is 91.5 Å². The van der Waals surface area contributed by atoms with Crippen LogP contribution in [0.2, 0.25) is 0 Å². The van der Waals surface area contributed by atoms with Crippen LogP contribution < -0.4 is 4.74 Å². The molecule has 0 saturated heterocycles. The number of rotatable bonds is 6. The van der Waals surface area contributed by atoms with Gasteiger partial charge in [0.1, 0.15) is 17.4 Å². The summed E-state index contributed by atoms with van der Waals surface area (Å²) in [5, 5.41) is 8.86. The third kappa shape index (κ3) is 5.51. The maximum atomic E-state index is 14.9. The lowest BCUT2D eigenvalue weighted by atomic mass is 9.78. The summed E-state index contributed by atoms with van der Waals surface area (Å²) in [6, 6.07) is 21.1. The zero-order valence-corrected chi connectivity index (χ0v) is 19.1. The highest BCUT2D eigenvalue weighted by Crippen LogP contribution is 2.38. The Kier molecular flexibility index (Phi) is 7.37. The van der Waals surface area contributed by atoms with E-state index in [1.807, 2.05) is 43.3 Å². The van der Waals surface area contributed by atoms with Crippen LogP contribution in [0.5, 0.6) is 5.75 Å². The summed E-state index contributed by atoms with van der Waals surface area (Å²) in [7, 11) is 0. The Labute approximate surface area is 199 Å². The Hall–Kier alpha value is -3.52. The van der Waals surface area contributed by atoms with Crippen LogP contribution in [-0.2, 0) is 11.2 Å². The fourth-order valence-electron chi connectivity index (χ4n) is 4.72. The zero-order valence-electron chi connectivity index (χ0n) is 19.1. The minimum atomic E-state index is -0.500. The second kappa shape index (κ2) is 10.6. The van der Waals surface area contributed by atoms with E-state index in [-0.39, 0.29) is 29.3 Å². The van der Waals surface area contributed by atoms with E-state index in [2.05, 4.69) is 0 Å². The van der Waals surface area contributed by atoms with Crippen molar-refractivity contribution in [3.8, 4) is 11.8 Å². The fourth-order valence-corrected chi connectivity index (χ4v) is 4.72. The molecule has 4 rings (SSSR count). The molecule has 0 amide bonds. The Bertz CT molecular complexity index is 1150. The second-order valence-corrected chi connectivity index (χ2v) is 9.08. The molecule has 3 nitrogen and oxygen atoms in total. The van der Waals surface area contributed by atoms with Gasteiger partial charge in [-0.25, -0.2) is 8.78 Å². The van der Waals surface area contributed by atoms with Crippen LogP contribution in [0.15, 0.2) is 66.7 Å². The molecule has 5 heteroatoms. The van der Waals surface area contributed by atoms with Crippen LogP contribution in [0.4, 0.5) is 8.78 Å². The van der Waals surface area contributed by atoms with E-state index >= 15 is 0 Å². The van der Waals surface area contributed by atoms with Crippen molar-refractivity contribution in [3.05, 3.63) is 101 Å². The lowest BCUT2D eigenvalue weighted by Crippen LogP contribution is -2.25. The van der Waals surface area contributed by atoms with E-state index in [1.165, 1.54) is 12.1 Å². The molecule has 0 bridgehead atoms. The molecular formula is C29H27F2NO2. The number of nitrogens with zero attached hydrogens (tertiary/aromatic N) is 1. The summed E-state index contributed by atoms with van der Waals surface area (Å²) in [4.78, 5) is 12.5. The Balaban J connectivity index is 1.36. The van der Waals surface area contributed by atoms with Crippen molar-refractivity contribution < 1.29 is 18.3 Å². The van der Waals surface area contributed by atoms with Crippen molar-refractivity contribution in [1.29, 1.82) is 5.26 Å². The van der Waals surface area contributed by atoms with Gasteiger partial charge in [0.05, 0.1) is 17.6 Å². The maximum absolute atomic E-state index is 14.9. The zero-order chi connectivity index (χ0) is 24.1. The van der Waals surface area contributed by atoms with Crippen LogP contribution in [0, 0.1) is 28.9 Å². The number of hydrogen-bond donors (Lipinski definition) is 0. The molecule has 1 aliphatic rings. The Morgan fingerprint density at radius 3 is 2.21 bits per heavy atom. The van der Waals surface area contributed by atoms with Crippen molar-refractivity contribution in [1.82, 2.24) is 0 Å². The van der Waals surface area contributed by atoms with E-state index in [9.17, 15) is 13.6 Å². The summed E-state index contributed by atoms with van der Waals surface area (Å²) in [6.45, 7) is 1.97. The molecule has 3 aromatic carbocycles. The van der Waals surface area contributed by atoms with Crippen molar-refractivity contribution in [2.45, 2.75) is 50.9 Å². The molecule has 0 aromatic heterocycles. The third-order valence-electron chi connectivity index (χ3n) is 6.78. The quantitative estimate of drug-likeness (QED) is 0.293. The van der Waals surface area contributed by atoms with Crippen LogP contribution in [-0.4, -0.2) is 5.97 Å². The molecule has 0 spiro atoms. The monoisotopic (exact) mass is 459 g/mol. The van der Waals surface area contributed by atoms with Gasteiger partial charge < -0.3 is 4.74 Å². The predicted molar refractivity (Wildman–Crippen MR) is 126 cm³/mol. The minimum Gasteiger partial charge on any atom is -0.426 e. The van der Waals surface area contributed by atoms with Gasteiger partial charge in [0, 0.05) is 5.56 Å². The van der Waals surface area contributed by atoms with E-state index in [0.717, 1.165) is 5.56 Å². The average molecular weight is 460 g/mol. The van der Waals surface area contributed by atoms with E-state index in [0.29, 0.717) is 49.0 Å². The first-order chi connectivity index (χ1) is 16.4. The van der Waals surface area contributed by atoms with Crippen molar-refractivity contribution in [2.75, 3.05) is 0 Å². The van der Waals surface area contributed by atoms with Crippen molar-refractivity contribution >= 4 is 5.97 Å². The number of benzene rings is 3. The summed E-state index contributed by atoms with van der Waals surface area (Å²) in [5.41, 5.74) is 2.33. The molecular weight excluding hydrogens is 432 g/mol. The number of nitriles is 1. The number of ether oxygens (including phenoxy) is 1. The average Bonchev–Trinajstić information content (AvgIpc) is 2.87. The van der Waals surface area contributed by atoms with Crippen molar-refractivity contribution in [2.24, 2.45) is 5.92 Å². The number of hydrogen-bond acceptors (Lipinski definition) is 3. The van der Waals surface area contributed by atoms with E-state index in [1.54, 1.807) is 24.3 Å². The highest BCUT2D eigenvalue weighted by Gasteiger charge is 2.29. The first-order valence-electron chi connectivity index (χ1n) is 11.7. The number of halogens is 2. The molecule has 0 unspecified atom stereocenters. The fraction of sp³-hybridized carbons (Fsp3) is 0.310. The first kappa shape index (κ1) is 23.6. The van der Waals surface area contributed by atoms with Crippen LogP contribution in [0.3, 0.4) is 0 Å². The normalized spacial score (nSPS) is 18.6. The molecule has 34 heavy (non-hydrogen) atoms. The minimum absolute atomic E-state index is 0.00797. The molecule has 0 N–H and O–H groups in total. The number of esters is 1. The van der Waals surface area contributed by atoms with Gasteiger partial charge in [0.2, 0.25) is 0 Å². The molecule has 1 fully saturated rings. The highest BCUT2D eigenvalue weighted by atomic mass is 19.1. The van der Waals surface area contributed by atoms with Gasteiger partial charge in [-0.15, -0.1) is 0 Å². The topological polar surface area (TPSA) is 50.1 Å². The summed E-state index contributed by atoms with van der Waals surface area (Å²) in [5.74, 6) is -1.11. The predicted octanol–water partition coefficient (Wildman–Crippen LogP) is 7.06. The summed E-state index contributed by atoms with van der Waals surface area (Å²) >= 11 is 0. The lowest BCUT2D eigenvalue weighted by Gasteiger charge is -2.28. The van der Waals surface area contributed by atoms with Crippen molar-refractivity contribution in [3.63, 3.8) is 0 Å². The third-order valence-corrected chi connectivity index (χ3v) is 6.78. The summed E-state index contributed by atoms with van der Waals surface area (Å²) < 4.78 is 35.3. The van der Waals surface area contributed by atoms with Crippen LogP contribution in [0.25, 0.3) is 0 Å². The number of carbonyl (C=O) groups is 1. The number of carbonyl (C=O) groups excluding carboxylic acids is 1. The standard InChI is InChI=1S/C29H27F2NO2/c1-19(21-5-3-2-4-6-21)15-26-27(30)16-24(17-28(26)31)22-9-11-23(12-10-22)29(33)34-25-13-7-20(18-32)8-14-25/h2-8,13-14,16-17,19,22-23H,9-12,15H2,1H3/t19-,22?,23?/m1/s1. The molecule has 0 aliphatic heterocycles.